The van der Waals surface area contributed by atoms with Gasteiger partial charge in [-0.05, 0) is 62.6 Å². The minimum Gasteiger partial charge on any atom is -0.492 e. The quantitative estimate of drug-likeness (QED) is 0.634. The van der Waals surface area contributed by atoms with E-state index in [1.807, 2.05) is 51.1 Å². The molecule has 2 rings (SSSR count). The monoisotopic (exact) mass is 418 g/mol. The first kappa shape index (κ1) is 22.7. The van der Waals surface area contributed by atoms with Gasteiger partial charge in [0.05, 0.1) is 18.5 Å². The zero-order valence-electron chi connectivity index (χ0n) is 17.7. The average molecular weight is 419 g/mol. The van der Waals surface area contributed by atoms with Gasteiger partial charge in [0.25, 0.3) is 0 Å². The molecule has 7 heteroatoms. The lowest BCUT2D eigenvalue weighted by Gasteiger charge is -2.30. The SMILES string of the molecule is CCC(C(=O)NCCOc1ccc(C)cc1)N(c1ccc(C)c(C)c1)S(C)(=O)=O. The van der Waals surface area contributed by atoms with Gasteiger partial charge in [0.2, 0.25) is 15.9 Å². The summed E-state index contributed by atoms with van der Waals surface area (Å²) in [4.78, 5) is 12.8. The average Bonchev–Trinajstić information content (AvgIpc) is 2.66. The molecule has 1 unspecified atom stereocenters. The number of amides is 1. The maximum atomic E-state index is 12.8. The van der Waals surface area contributed by atoms with E-state index in [4.69, 9.17) is 4.74 Å². The van der Waals surface area contributed by atoms with Gasteiger partial charge in [0.1, 0.15) is 18.4 Å². The van der Waals surface area contributed by atoms with E-state index in [1.165, 1.54) is 4.31 Å². The maximum absolute atomic E-state index is 12.8. The molecule has 0 saturated heterocycles. The Hall–Kier alpha value is -2.54. The molecule has 0 heterocycles. The number of carbonyl (C=O) groups excluding carboxylic acids is 1. The summed E-state index contributed by atoms with van der Waals surface area (Å²) in [5.41, 5.74) is 3.67. The Kier molecular flexibility index (Phi) is 7.67. The molecule has 0 aliphatic carbocycles. The van der Waals surface area contributed by atoms with Crippen LogP contribution in [0.5, 0.6) is 5.75 Å². The fourth-order valence-corrected chi connectivity index (χ4v) is 4.22. The van der Waals surface area contributed by atoms with E-state index >= 15 is 0 Å². The molecule has 1 atom stereocenters. The van der Waals surface area contributed by atoms with Crippen LogP contribution in [0.3, 0.4) is 0 Å². The first-order chi connectivity index (χ1) is 13.6. The number of ether oxygens (including phenoxy) is 1. The smallest absolute Gasteiger partial charge is 0.244 e. The predicted molar refractivity (Wildman–Crippen MR) is 117 cm³/mol. The van der Waals surface area contributed by atoms with Crippen molar-refractivity contribution in [1.82, 2.24) is 5.32 Å². The van der Waals surface area contributed by atoms with Crippen LogP contribution in [-0.2, 0) is 14.8 Å². The van der Waals surface area contributed by atoms with Crippen molar-refractivity contribution in [1.29, 1.82) is 0 Å². The van der Waals surface area contributed by atoms with Crippen molar-refractivity contribution in [2.24, 2.45) is 0 Å². The molecule has 0 aromatic heterocycles. The Morgan fingerprint density at radius 1 is 1.07 bits per heavy atom. The zero-order chi connectivity index (χ0) is 21.6. The molecule has 0 aliphatic rings. The highest BCUT2D eigenvalue weighted by Crippen LogP contribution is 2.25. The van der Waals surface area contributed by atoms with Gasteiger partial charge in [-0.15, -0.1) is 0 Å². The van der Waals surface area contributed by atoms with E-state index in [0.29, 0.717) is 18.7 Å². The highest BCUT2D eigenvalue weighted by Gasteiger charge is 2.31. The van der Waals surface area contributed by atoms with Gasteiger partial charge in [-0.3, -0.25) is 9.10 Å². The van der Waals surface area contributed by atoms with Gasteiger partial charge in [-0.25, -0.2) is 8.42 Å². The molecule has 0 saturated carbocycles. The van der Waals surface area contributed by atoms with E-state index in [1.54, 1.807) is 19.1 Å². The molecule has 0 aliphatic heterocycles. The molecule has 2 aromatic carbocycles. The molecular weight excluding hydrogens is 388 g/mol. The van der Waals surface area contributed by atoms with Gasteiger partial charge in [-0.2, -0.15) is 0 Å². The predicted octanol–water partition coefficient (Wildman–Crippen LogP) is 3.35. The normalized spacial score (nSPS) is 12.3. The number of rotatable bonds is 9. The summed E-state index contributed by atoms with van der Waals surface area (Å²) in [6, 6.07) is 12.2. The molecule has 0 fully saturated rings. The van der Waals surface area contributed by atoms with Crippen molar-refractivity contribution < 1.29 is 17.9 Å². The second-order valence-corrected chi connectivity index (χ2v) is 9.06. The summed E-state index contributed by atoms with van der Waals surface area (Å²) >= 11 is 0. The highest BCUT2D eigenvalue weighted by molar-refractivity contribution is 7.92. The molecular formula is C22H30N2O4S. The van der Waals surface area contributed by atoms with E-state index in [-0.39, 0.29) is 12.5 Å². The van der Waals surface area contributed by atoms with Crippen molar-refractivity contribution in [2.45, 2.75) is 40.2 Å². The van der Waals surface area contributed by atoms with E-state index in [9.17, 15) is 13.2 Å². The van der Waals surface area contributed by atoms with E-state index < -0.39 is 16.1 Å². The number of benzene rings is 2. The third-order valence-electron chi connectivity index (χ3n) is 4.77. The van der Waals surface area contributed by atoms with Crippen molar-refractivity contribution in [3.63, 3.8) is 0 Å². The number of hydrogen-bond acceptors (Lipinski definition) is 4. The lowest BCUT2D eigenvalue weighted by atomic mass is 10.1. The minimum atomic E-state index is -3.64. The van der Waals surface area contributed by atoms with Gasteiger partial charge in [-0.1, -0.05) is 30.7 Å². The summed E-state index contributed by atoms with van der Waals surface area (Å²) < 4.78 is 31.8. The topological polar surface area (TPSA) is 75.7 Å². The van der Waals surface area contributed by atoms with Crippen LogP contribution in [-0.4, -0.2) is 39.8 Å². The first-order valence-electron chi connectivity index (χ1n) is 9.67. The standard InChI is InChI=1S/C22H30N2O4S/c1-6-21(22(25)23-13-14-28-20-11-7-16(2)8-12-20)24(29(5,26)27)19-10-9-17(3)18(4)15-19/h7-12,15,21H,6,13-14H2,1-5H3,(H,23,25). The van der Waals surface area contributed by atoms with Gasteiger partial charge in [0.15, 0.2) is 0 Å². The van der Waals surface area contributed by atoms with Gasteiger partial charge in [0, 0.05) is 0 Å². The summed E-state index contributed by atoms with van der Waals surface area (Å²) in [5.74, 6) is 0.383. The van der Waals surface area contributed by atoms with Gasteiger partial charge < -0.3 is 10.1 Å². The molecule has 158 valence electrons. The van der Waals surface area contributed by atoms with Crippen LogP contribution in [0, 0.1) is 20.8 Å². The Morgan fingerprint density at radius 3 is 2.28 bits per heavy atom. The number of sulfonamides is 1. The summed E-state index contributed by atoms with van der Waals surface area (Å²) in [5, 5.41) is 2.79. The van der Waals surface area contributed by atoms with E-state index in [2.05, 4.69) is 5.32 Å². The third kappa shape index (κ3) is 6.22. The first-order valence-corrected chi connectivity index (χ1v) is 11.5. The Bertz CT molecular complexity index is 940. The van der Waals surface area contributed by atoms with Crippen molar-refractivity contribution >= 4 is 21.6 Å². The summed E-state index contributed by atoms with van der Waals surface area (Å²) in [6.45, 7) is 8.26. The summed E-state index contributed by atoms with van der Waals surface area (Å²) in [7, 11) is -3.64. The molecule has 1 amide bonds. The van der Waals surface area contributed by atoms with E-state index in [0.717, 1.165) is 28.7 Å². The van der Waals surface area contributed by atoms with Crippen molar-refractivity contribution in [2.75, 3.05) is 23.7 Å². The van der Waals surface area contributed by atoms with Crippen molar-refractivity contribution in [3.05, 3.63) is 59.2 Å². The Labute approximate surface area is 173 Å². The molecule has 6 nitrogen and oxygen atoms in total. The van der Waals surface area contributed by atoms with Crippen LogP contribution in [0.1, 0.15) is 30.0 Å². The number of nitrogens with one attached hydrogen (secondary N) is 1. The van der Waals surface area contributed by atoms with Crippen LogP contribution >= 0.6 is 0 Å². The number of anilines is 1. The lowest BCUT2D eigenvalue weighted by Crippen LogP contribution is -2.50. The second-order valence-electron chi connectivity index (χ2n) is 7.20. The second kappa shape index (κ2) is 9.78. The summed E-state index contributed by atoms with van der Waals surface area (Å²) in [6.07, 6.45) is 1.48. The third-order valence-corrected chi connectivity index (χ3v) is 5.95. The van der Waals surface area contributed by atoms with Crippen LogP contribution in [0.25, 0.3) is 0 Å². The molecule has 1 N–H and O–H groups in total. The highest BCUT2D eigenvalue weighted by atomic mass is 32.2. The number of nitrogens with zero attached hydrogens (tertiary/aromatic N) is 1. The van der Waals surface area contributed by atoms with Gasteiger partial charge >= 0.3 is 0 Å². The maximum Gasteiger partial charge on any atom is 0.244 e. The fourth-order valence-electron chi connectivity index (χ4n) is 3.02. The van der Waals surface area contributed by atoms with Crippen LogP contribution in [0.15, 0.2) is 42.5 Å². The lowest BCUT2D eigenvalue weighted by molar-refractivity contribution is -0.122. The number of aryl methyl sites for hydroxylation is 3. The minimum absolute atomic E-state index is 0.285. The number of hydrogen-bond donors (Lipinski definition) is 1. The zero-order valence-corrected chi connectivity index (χ0v) is 18.5. The Morgan fingerprint density at radius 2 is 1.72 bits per heavy atom. The van der Waals surface area contributed by atoms with Crippen LogP contribution in [0.2, 0.25) is 0 Å². The van der Waals surface area contributed by atoms with Crippen LogP contribution in [0.4, 0.5) is 5.69 Å². The fraction of sp³-hybridized carbons (Fsp3) is 0.409. The molecule has 0 spiro atoms. The molecule has 0 bridgehead atoms. The Balaban J connectivity index is 2.07. The molecule has 2 aromatic rings. The number of carbonyl (C=O) groups is 1. The van der Waals surface area contributed by atoms with Crippen LogP contribution < -0.4 is 14.4 Å². The largest absolute Gasteiger partial charge is 0.492 e. The molecule has 0 radical (unpaired) electrons. The van der Waals surface area contributed by atoms with Crippen molar-refractivity contribution in [3.8, 4) is 5.75 Å². The molecule has 29 heavy (non-hydrogen) atoms.